The van der Waals surface area contributed by atoms with Gasteiger partial charge in [0.1, 0.15) is 17.2 Å². The zero-order chi connectivity index (χ0) is 11.8. The summed E-state index contributed by atoms with van der Waals surface area (Å²) >= 11 is 0. The summed E-state index contributed by atoms with van der Waals surface area (Å²) in [6.07, 6.45) is 0. The first-order valence-corrected chi connectivity index (χ1v) is 5.20. The van der Waals surface area contributed by atoms with Crippen LogP contribution >= 0.6 is 0 Å². The predicted molar refractivity (Wildman–Crippen MR) is 64.3 cm³/mol. The minimum absolute atomic E-state index is 0.0877. The molecule has 3 aromatic rings. The molecule has 0 spiro atoms. The number of hydrogen-bond acceptors (Lipinski definition) is 3. The molecule has 0 atom stereocenters. The molecule has 0 aliphatic rings. The van der Waals surface area contributed by atoms with Gasteiger partial charge in [-0.05, 0) is 22.9 Å². The van der Waals surface area contributed by atoms with Crippen LogP contribution in [0, 0.1) is 16.7 Å². The Morgan fingerprint density at radius 3 is 2.71 bits per heavy atom. The van der Waals surface area contributed by atoms with E-state index in [1.807, 2.05) is 42.5 Å². The molecular weight excluding hydrogens is 212 g/mol. The molecule has 0 radical (unpaired) electrons. The van der Waals surface area contributed by atoms with E-state index >= 15 is 0 Å². The van der Waals surface area contributed by atoms with Crippen LogP contribution in [0.3, 0.4) is 0 Å². The highest BCUT2D eigenvalue weighted by molar-refractivity contribution is 6.05. The van der Waals surface area contributed by atoms with Gasteiger partial charge < -0.3 is 4.42 Å². The lowest BCUT2D eigenvalue weighted by molar-refractivity contribution is 0.531. The molecule has 1 aromatic heterocycles. The molecule has 0 unspecified atom stereocenters. The van der Waals surface area contributed by atoms with Crippen LogP contribution in [0.5, 0.6) is 0 Å². The summed E-state index contributed by atoms with van der Waals surface area (Å²) < 4.78 is 5.34. The number of benzene rings is 2. The number of fused-ring (bicyclic) bond motifs is 3. The third kappa shape index (κ3) is 1.39. The molecule has 0 amide bonds. The van der Waals surface area contributed by atoms with Crippen LogP contribution in [0.4, 0.5) is 0 Å². The highest BCUT2D eigenvalue weighted by Gasteiger charge is 2.05. The second-order valence-electron chi connectivity index (χ2n) is 3.80. The van der Waals surface area contributed by atoms with Crippen molar-refractivity contribution in [2.75, 3.05) is 0 Å². The van der Waals surface area contributed by atoms with Crippen molar-refractivity contribution in [1.82, 2.24) is 0 Å². The molecular formula is C14H8N2O. The van der Waals surface area contributed by atoms with Crippen molar-refractivity contribution in [3.8, 4) is 6.07 Å². The van der Waals surface area contributed by atoms with E-state index in [0.29, 0.717) is 5.58 Å². The number of nitrogens with zero attached hydrogens (tertiary/aromatic N) is 1. The maximum Gasteiger partial charge on any atom is 0.229 e. The lowest BCUT2D eigenvalue weighted by atomic mass is 10.1. The Balaban J connectivity index is 2.58. The minimum atomic E-state index is -0.0877. The third-order valence-electron chi connectivity index (χ3n) is 2.80. The second-order valence-corrected chi connectivity index (χ2v) is 3.80. The van der Waals surface area contributed by atoms with Gasteiger partial charge >= 0.3 is 0 Å². The summed E-state index contributed by atoms with van der Waals surface area (Å²) in [6, 6.07) is 15.4. The van der Waals surface area contributed by atoms with Crippen LogP contribution in [0.25, 0.3) is 21.7 Å². The van der Waals surface area contributed by atoms with Gasteiger partial charge in [-0.15, -0.1) is 0 Å². The largest absolute Gasteiger partial charge is 0.438 e. The zero-order valence-corrected chi connectivity index (χ0v) is 8.90. The number of nitriles is 1. The van der Waals surface area contributed by atoms with Crippen molar-refractivity contribution in [3.05, 3.63) is 53.6 Å². The topological polar surface area (TPSA) is 60.8 Å². The van der Waals surface area contributed by atoms with Crippen LogP contribution in [0.1, 0.15) is 5.56 Å². The summed E-state index contributed by atoms with van der Waals surface area (Å²) in [5.74, 6) is 0. The van der Waals surface area contributed by atoms with Gasteiger partial charge in [-0.3, -0.25) is 5.41 Å². The molecule has 3 heteroatoms. The van der Waals surface area contributed by atoms with E-state index in [4.69, 9.17) is 15.1 Å². The number of rotatable bonds is 0. The van der Waals surface area contributed by atoms with Gasteiger partial charge in [0.2, 0.25) is 5.55 Å². The molecule has 3 rings (SSSR count). The molecule has 0 bridgehead atoms. The van der Waals surface area contributed by atoms with Gasteiger partial charge in [-0.1, -0.05) is 30.3 Å². The fraction of sp³-hybridized carbons (Fsp3) is 0. The fourth-order valence-electron chi connectivity index (χ4n) is 1.97. The molecule has 0 saturated heterocycles. The Morgan fingerprint density at radius 1 is 1.06 bits per heavy atom. The lowest BCUT2D eigenvalue weighted by Gasteiger charge is -2.03. The van der Waals surface area contributed by atoms with E-state index in [9.17, 15) is 0 Å². The van der Waals surface area contributed by atoms with E-state index in [0.717, 1.165) is 16.2 Å². The standard InChI is InChI=1S/C14H8N2O/c15-8-10-7-12-11-4-2-1-3-9(11)5-6-13(12)17-14(10)16/h1-7,16H. The normalized spacial score (nSPS) is 10.5. The van der Waals surface area contributed by atoms with Crippen molar-refractivity contribution < 1.29 is 4.42 Å². The van der Waals surface area contributed by atoms with Gasteiger partial charge in [-0.2, -0.15) is 5.26 Å². The average Bonchev–Trinajstić information content (AvgIpc) is 2.37. The van der Waals surface area contributed by atoms with Gasteiger partial charge in [0.15, 0.2) is 0 Å². The Hall–Kier alpha value is -2.60. The zero-order valence-electron chi connectivity index (χ0n) is 8.90. The van der Waals surface area contributed by atoms with Crippen LogP contribution in [0.15, 0.2) is 46.9 Å². The molecule has 17 heavy (non-hydrogen) atoms. The van der Waals surface area contributed by atoms with Crippen LogP contribution in [-0.2, 0) is 0 Å². The van der Waals surface area contributed by atoms with E-state index in [1.165, 1.54) is 0 Å². The highest BCUT2D eigenvalue weighted by Crippen LogP contribution is 2.24. The SMILES string of the molecule is N#Cc1cc2c(ccc3ccccc32)oc1=N. The Labute approximate surface area is 97.0 Å². The quantitative estimate of drug-likeness (QED) is 0.592. The molecule has 1 N–H and O–H groups in total. The van der Waals surface area contributed by atoms with Crippen molar-refractivity contribution in [3.63, 3.8) is 0 Å². The first-order chi connectivity index (χ1) is 8.29. The van der Waals surface area contributed by atoms with E-state index in [-0.39, 0.29) is 11.1 Å². The highest BCUT2D eigenvalue weighted by atomic mass is 16.3. The Bertz CT molecular complexity index is 825. The van der Waals surface area contributed by atoms with Crippen molar-refractivity contribution >= 4 is 21.7 Å². The molecule has 0 aliphatic carbocycles. The van der Waals surface area contributed by atoms with Crippen LogP contribution < -0.4 is 5.55 Å². The molecule has 3 nitrogen and oxygen atoms in total. The molecule has 0 fully saturated rings. The van der Waals surface area contributed by atoms with Crippen LogP contribution in [0.2, 0.25) is 0 Å². The van der Waals surface area contributed by atoms with Crippen molar-refractivity contribution in [2.24, 2.45) is 0 Å². The van der Waals surface area contributed by atoms with Gasteiger partial charge in [0.05, 0.1) is 0 Å². The second kappa shape index (κ2) is 3.46. The third-order valence-corrected chi connectivity index (χ3v) is 2.80. The Morgan fingerprint density at radius 2 is 1.88 bits per heavy atom. The summed E-state index contributed by atoms with van der Waals surface area (Å²) in [4.78, 5) is 0. The fourth-order valence-corrected chi connectivity index (χ4v) is 1.97. The van der Waals surface area contributed by atoms with E-state index < -0.39 is 0 Å². The van der Waals surface area contributed by atoms with E-state index in [1.54, 1.807) is 6.07 Å². The molecule has 0 saturated carbocycles. The number of hydrogen-bond donors (Lipinski definition) is 1. The average molecular weight is 220 g/mol. The van der Waals surface area contributed by atoms with Crippen molar-refractivity contribution in [1.29, 1.82) is 10.7 Å². The molecule has 0 aliphatic heterocycles. The van der Waals surface area contributed by atoms with Gasteiger partial charge in [0, 0.05) is 5.39 Å². The first-order valence-electron chi connectivity index (χ1n) is 5.20. The number of nitrogens with one attached hydrogen (secondary N) is 1. The van der Waals surface area contributed by atoms with Gasteiger partial charge in [0.25, 0.3) is 0 Å². The maximum absolute atomic E-state index is 8.92. The molecule has 2 aromatic carbocycles. The lowest BCUT2D eigenvalue weighted by Crippen LogP contribution is -2.03. The van der Waals surface area contributed by atoms with E-state index in [2.05, 4.69) is 0 Å². The van der Waals surface area contributed by atoms with Crippen LogP contribution in [-0.4, -0.2) is 0 Å². The minimum Gasteiger partial charge on any atom is -0.438 e. The summed E-state index contributed by atoms with van der Waals surface area (Å²) in [6.45, 7) is 0. The van der Waals surface area contributed by atoms with Crippen molar-refractivity contribution in [2.45, 2.75) is 0 Å². The van der Waals surface area contributed by atoms with Gasteiger partial charge in [-0.25, -0.2) is 0 Å². The smallest absolute Gasteiger partial charge is 0.229 e. The summed E-state index contributed by atoms with van der Waals surface area (Å²) in [7, 11) is 0. The summed E-state index contributed by atoms with van der Waals surface area (Å²) in [5.41, 5.74) is 0.803. The Kier molecular flexibility index (Phi) is 1.96. The first kappa shape index (κ1) is 9.61. The molecule has 1 heterocycles. The monoisotopic (exact) mass is 220 g/mol. The molecule has 80 valence electrons. The summed E-state index contributed by atoms with van der Waals surface area (Å²) in [5, 5.41) is 19.5. The predicted octanol–water partition coefficient (Wildman–Crippen LogP) is 2.94. The maximum atomic E-state index is 8.92.